The Morgan fingerprint density at radius 3 is 2.81 bits per heavy atom. The van der Waals surface area contributed by atoms with Gasteiger partial charge in [0.2, 0.25) is 0 Å². The third-order valence-corrected chi connectivity index (χ3v) is 5.31. The van der Waals surface area contributed by atoms with Gasteiger partial charge in [0.1, 0.15) is 6.33 Å². The molecule has 1 fully saturated rings. The second-order valence-electron chi connectivity index (χ2n) is 7.43. The Bertz CT molecular complexity index is 1160. The summed E-state index contributed by atoms with van der Waals surface area (Å²) in [4.78, 5) is 23.0. The second kappa shape index (κ2) is 7.90. The molecule has 0 saturated carbocycles. The predicted molar refractivity (Wildman–Crippen MR) is 112 cm³/mol. The van der Waals surface area contributed by atoms with Crippen molar-refractivity contribution in [2.75, 3.05) is 18.0 Å². The van der Waals surface area contributed by atoms with Crippen molar-refractivity contribution in [3.8, 4) is 0 Å². The van der Waals surface area contributed by atoms with Gasteiger partial charge in [0.15, 0.2) is 0 Å². The van der Waals surface area contributed by atoms with Gasteiger partial charge in [-0.25, -0.2) is 9.97 Å². The summed E-state index contributed by atoms with van der Waals surface area (Å²) in [6, 6.07) is 7.98. The van der Waals surface area contributed by atoms with E-state index in [1.807, 2.05) is 12.1 Å². The zero-order valence-electron chi connectivity index (χ0n) is 16.5. The number of halogens is 3. The normalized spacial score (nSPS) is 16.5. The predicted octanol–water partition coefficient (Wildman–Crippen LogP) is 3.59. The van der Waals surface area contributed by atoms with Crippen LogP contribution < -0.4 is 16.0 Å². The maximum atomic E-state index is 12.9. The Morgan fingerprint density at radius 1 is 1.26 bits per heavy atom. The molecule has 31 heavy (non-hydrogen) atoms. The molecule has 3 aromatic rings. The van der Waals surface area contributed by atoms with E-state index >= 15 is 0 Å². The lowest BCUT2D eigenvalue weighted by atomic mass is 10.1. The van der Waals surface area contributed by atoms with Crippen LogP contribution in [0.25, 0.3) is 16.6 Å². The Morgan fingerprint density at radius 2 is 2.06 bits per heavy atom. The van der Waals surface area contributed by atoms with Crippen LogP contribution in [0.4, 0.5) is 18.9 Å². The van der Waals surface area contributed by atoms with Crippen LogP contribution in [0.1, 0.15) is 27.9 Å². The summed E-state index contributed by atoms with van der Waals surface area (Å²) in [5.41, 5.74) is 7.73. The molecule has 0 spiro atoms. The largest absolute Gasteiger partial charge is 0.416 e. The number of fused-ring (bicyclic) bond motifs is 1. The van der Waals surface area contributed by atoms with Crippen LogP contribution in [0, 0.1) is 0 Å². The van der Waals surface area contributed by atoms with E-state index in [-0.39, 0.29) is 11.6 Å². The number of nitrogens with zero attached hydrogens (tertiary/aromatic N) is 3. The highest BCUT2D eigenvalue weighted by Gasteiger charge is 2.31. The van der Waals surface area contributed by atoms with Crippen LogP contribution in [-0.2, 0) is 6.18 Å². The standard InChI is InChI=1S/C22H20F3N5O/c1-13(26)17-5-6-19(18-10-27-12-28-20(17)18)30-8-7-16(11-30)29-21(31)14-3-2-4-15(9-14)22(23,24)25/h2-6,9-10,12,16H,1,7-8,11,26H2,(H,29,31). The molecule has 9 heteroatoms. The third kappa shape index (κ3) is 4.16. The summed E-state index contributed by atoms with van der Waals surface area (Å²) in [5, 5.41) is 3.65. The van der Waals surface area contributed by atoms with Crippen molar-refractivity contribution in [2.24, 2.45) is 5.73 Å². The summed E-state index contributed by atoms with van der Waals surface area (Å²) in [5.74, 6) is -0.527. The molecule has 2 aromatic carbocycles. The lowest BCUT2D eigenvalue weighted by Gasteiger charge is -2.21. The highest BCUT2D eigenvalue weighted by Crippen LogP contribution is 2.32. The van der Waals surface area contributed by atoms with Gasteiger partial charge in [-0.3, -0.25) is 4.79 Å². The van der Waals surface area contributed by atoms with E-state index in [1.54, 1.807) is 6.20 Å². The molecule has 6 nitrogen and oxygen atoms in total. The van der Waals surface area contributed by atoms with Crippen molar-refractivity contribution in [3.05, 3.63) is 72.2 Å². The Labute approximate surface area is 176 Å². The fourth-order valence-corrected chi connectivity index (χ4v) is 3.80. The smallest absolute Gasteiger partial charge is 0.399 e. The van der Waals surface area contributed by atoms with Gasteiger partial charge < -0.3 is 16.0 Å². The van der Waals surface area contributed by atoms with Crippen molar-refractivity contribution in [2.45, 2.75) is 18.6 Å². The molecule has 0 aliphatic carbocycles. The van der Waals surface area contributed by atoms with Gasteiger partial charge in [-0.05, 0) is 36.8 Å². The summed E-state index contributed by atoms with van der Waals surface area (Å²) in [6.07, 6.45) is -0.685. The fraction of sp³-hybridized carbons (Fsp3) is 0.227. The number of hydrogen-bond acceptors (Lipinski definition) is 5. The number of anilines is 1. The summed E-state index contributed by atoms with van der Waals surface area (Å²) < 4.78 is 38.8. The van der Waals surface area contributed by atoms with Gasteiger partial charge in [-0.1, -0.05) is 12.6 Å². The van der Waals surface area contributed by atoms with Crippen molar-refractivity contribution in [1.82, 2.24) is 15.3 Å². The first-order valence-corrected chi connectivity index (χ1v) is 9.64. The zero-order chi connectivity index (χ0) is 22.2. The van der Waals surface area contributed by atoms with E-state index in [4.69, 9.17) is 5.73 Å². The minimum Gasteiger partial charge on any atom is -0.399 e. The van der Waals surface area contributed by atoms with E-state index in [9.17, 15) is 18.0 Å². The number of carbonyl (C=O) groups excluding carboxylic acids is 1. The summed E-state index contributed by atoms with van der Waals surface area (Å²) in [6.45, 7) is 4.96. The van der Waals surface area contributed by atoms with E-state index in [2.05, 4.69) is 26.8 Å². The van der Waals surface area contributed by atoms with Crippen LogP contribution >= 0.6 is 0 Å². The first-order valence-electron chi connectivity index (χ1n) is 9.64. The number of alkyl halides is 3. The Balaban J connectivity index is 1.51. The molecule has 1 saturated heterocycles. The lowest BCUT2D eigenvalue weighted by Crippen LogP contribution is -2.37. The average Bonchev–Trinajstić information content (AvgIpc) is 3.20. The molecule has 1 aliphatic rings. The molecular weight excluding hydrogens is 407 g/mol. The number of nitrogens with one attached hydrogen (secondary N) is 1. The average molecular weight is 427 g/mol. The zero-order valence-corrected chi connectivity index (χ0v) is 16.5. The fourth-order valence-electron chi connectivity index (χ4n) is 3.80. The number of amides is 1. The van der Waals surface area contributed by atoms with E-state index in [0.717, 1.165) is 28.8 Å². The number of aromatic nitrogens is 2. The molecule has 0 bridgehead atoms. The minimum atomic E-state index is -4.50. The number of hydrogen-bond donors (Lipinski definition) is 2. The molecule has 160 valence electrons. The molecule has 1 unspecified atom stereocenters. The molecule has 4 rings (SSSR count). The van der Waals surface area contributed by atoms with Gasteiger partial charge >= 0.3 is 6.18 Å². The van der Waals surface area contributed by atoms with Crippen LogP contribution in [0.15, 0.2) is 55.5 Å². The van der Waals surface area contributed by atoms with E-state index in [1.165, 1.54) is 18.5 Å². The number of nitrogens with two attached hydrogens (primary N) is 1. The second-order valence-corrected chi connectivity index (χ2v) is 7.43. The highest BCUT2D eigenvalue weighted by atomic mass is 19.4. The number of benzene rings is 2. The maximum Gasteiger partial charge on any atom is 0.416 e. The monoisotopic (exact) mass is 427 g/mol. The number of rotatable bonds is 4. The van der Waals surface area contributed by atoms with Gasteiger partial charge in [-0.2, -0.15) is 13.2 Å². The van der Waals surface area contributed by atoms with Gasteiger partial charge in [0.25, 0.3) is 5.91 Å². The molecule has 1 atom stereocenters. The molecule has 2 heterocycles. The van der Waals surface area contributed by atoms with E-state index < -0.39 is 17.6 Å². The molecular formula is C22H20F3N5O. The van der Waals surface area contributed by atoms with Crippen LogP contribution in [-0.4, -0.2) is 35.0 Å². The van der Waals surface area contributed by atoms with Gasteiger partial charge in [0.05, 0.1) is 11.1 Å². The topological polar surface area (TPSA) is 84.1 Å². The SMILES string of the molecule is C=C(N)c1ccc(N2CCC(NC(=O)c3cccc(C(F)(F)F)c3)C2)c2cncnc12. The van der Waals surface area contributed by atoms with Crippen molar-refractivity contribution in [3.63, 3.8) is 0 Å². The van der Waals surface area contributed by atoms with Crippen molar-refractivity contribution in [1.29, 1.82) is 0 Å². The molecule has 0 radical (unpaired) electrons. The first kappa shape index (κ1) is 20.6. The molecule has 1 aliphatic heterocycles. The molecule has 3 N–H and O–H groups in total. The quantitative estimate of drug-likeness (QED) is 0.665. The Kier molecular flexibility index (Phi) is 5.26. The first-order chi connectivity index (χ1) is 14.7. The molecule has 1 aromatic heterocycles. The van der Waals surface area contributed by atoms with E-state index in [0.29, 0.717) is 30.7 Å². The minimum absolute atomic E-state index is 0.0158. The van der Waals surface area contributed by atoms with Gasteiger partial charge in [-0.15, -0.1) is 0 Å². The van der Waals surface area contributed by atoms with Gasteiger partial charge in [0, 0.05) is 53.2 Å². The Hall–Kier alpha value is -3.62. The number of carbonyl (C=O) groups is 1. The lowest BCUT2D eigenvalue weighted by molar-refractivity contribution is -0.137. The van der Waals surface area contributed by atoms with Crippen molar-refractivity contribution >= 4 is 28.2 Å². The van der Waals surface area contributed by atoms with Crippen LogP contribution in [0.5, 0.6) is 0 Å². The highest BCUT2D eigenvalue weighted by molar-refractivity contribution is 5.98. The molecule has 1 amide bonds. The third-order valence-electron chi connectivity index (χ3n) is 5.31. The summed E-state index contributed by atoms with van der Waals surface area (Å²) in [7, 11) is 0. The summed E-state index contributed by atoms with van der Waals surface area (Å²) >= 11 is 0. The van der Waals surface area contributed by atoms with Crippen LogP contribution in [0.2, 0.25) is 0 Å². The maximum absolute atomic E-state index is 12.9. The van der Waals surface area contributed by atoms with Crippen molar-refractivity contribution < 1.29 is 18.0 Å². The van der Waals surface area contributed by atoms with Crippen LogP contribution in [0.3, 0.4) is 0 Å².